The number of aliphatic hydroxyl groups is 4. The molecule has 0 saturated heterocycles. The molecular weight excluding hydrogens is 649 g/mol. The van der Waals surface area contributed by atoms with Gasteiger partial charge in [0.2, 0.25) is 0 Å². The Morgan fingerprint density at radius 1 is 0.385 bits per heavy atom. The van der Waals surface area contributed by atoms with E-state index in [1.54, 1.807) is 0 Å². The molecule has 8 nitrogen and oxygen atoms in total. The molecule has 0 saturated carbocycles. The van der Waals surface area contributed by atoms with Crippen LogP contribution in [-0.2, 0) is 0 Å². The molecule has 0 bridgehead atoms. The Morgan fingerprint density at radius 3 is 1.08 bits per heavy atom. The first kappa shape index (κ1) is 38.1. The molecule has 0 spiro atoms. The summed E-state index contributed by atoms with van der Waals surface area (Å²) in [5, 5.41) is 39.5. The molecule has 0 fully saturated rings. The van der Waals surface area contributed by atoms with Gasteiger partial charge in [0.05, 0.1) is 24.4 Å². The zero-order valence-electron chi connectivity index (χ0n) is 30.3. The highest BCUT2D eigenvalue weighted by atomic mass is 16.3. The molecular formula is C44H52N4O4. The van der Waals surface area contributed by atoms with Crippen molar-refractivity contribution in [1.29, 1.82) is 0 Å². The van der Waals surface area contributed by atoms with Crippen molar-refractivity contribution in [1.82, 2.24) is 0 Å². The average molecular weight is 701 g/mol. The minimum absolute atomic E-state index is 0.150. The van der Waals surface area contributed by atoms with Gasteiger partial charge in [-0.2, -0.15) is 0 Å². The van der Waals surface area contributed by atoms with Crippen LogP contribution in [-0.4, -0.2) is 20.4 Å². The van der Waals surface area contributed by atoms with Crippen LogP contribution in [0.25, 0.3) is 24.3 Å². The Balaban J connectivity index is 0.000000134. The van der Waals surface area contributed by atoms with Crippen molar-refractivity contribution in [2.75, 3.05) is 22.9 Å². The van der Waals surface area contributed by atoms with E-state index in [1.807, 2.05) is 149 Å². The smallest absolute Gasteiger partial charge is 0.0875 e. The summed E-state index contributed by atoms with van der Waals surface area (Å²) in [4.78, 5) is 0. The predicted molar refractivity (Wildman–Crippen MR) is 216 cm³/mol. The lowest BCUT2D eigenvalue weighted by Gasteiger charge is -2.23. The van der Waals surface area contributed by atoms with Crippen LogP contribution in [0.3, 0.4) is 0 Å². The first-order chi connectivity index (χ1) is 24.8. The van der Waals surface area contributed by atoms with Crippen LogP contribution in [0, 0.1) is 23.7 Å². The van der Waals surface area contributed by atoms with Crippen LogP contribution in [0.1, 0.15) is 96.6 Å². The van der Waals surface area contributed by atoms with Crippen LogP contribution in [0.4, 0.5) is 22.7 Å². The Hall–Kier alpha value is -5.12. The molecule has 4 aliphatic rings. The minimum atomic E-state index is -0.457. The van der Waals surface area contributed by atoms with E-state index in [2.05, 4.69) is 0 Å². The highest BCUT2D eigenvalue weighted by molar-refractivity contribution is 5.71. The summed E-state index contributed by atoms with van der Waals surface area (Å²) in [5.41, 5.74) is 33.6. The number of benzene rings is 4. The van der Waals surface area contributed by atoms with E-state index in [1.165, 1.54) is 0 Å². The Labute approximate surface area is 307 Å². The summed E-state index contributed by atoms with van der Waals surface area (Å²) in [6, 6.07) is 22.7. The number of aliphatic hydroxyl groups excluding tert-OH is 4. The molecule has 0 heterocycles. The summed E-state index contributed by atoms with van der Waals surface area (Å²) in [5.74, 6) is 0.651. The number of nitrogen functional groups attached to an aromatic ring is 4. The molecule has 0 unspecified atom stereocenters. The summed E-state index contributed by atoms with van der Waals surface area (Å²) in [6.07, 6.45) is 14.3. The first-order valence-corrected chi connectivity index (χ1v) is 17.8. The van der Waals surface area contributed by atoms with Gasteiger partial charge in [0.1, 0.15) is 0 Å². The first-order valence-electron chi connectivity index (χ1n) is 17.8. The van der Waals surface area contributed by atoms with E-state index in [9.17, 15) is 20.4 Å². The maximum Gasteiger partial charge on any atom is 0.0875 e. The van der Waals surface area contributed by atoms with Gasteiger partial charge in [0, 0.05) is 68.7 Å². The molecule has 0 aromatic heterocycles. The molecule has 8 atom stereocenters. The molecule has 272 valence electrons. The van der Waals surface area contributed by atoms with Gasteiger partial charge in [-0.1, -0.05) is 125 Å². The predicted octanol–water partition coefficient (Wildman–Crippen LogP) is 7.86. The molecule has 0 radical (unpaired) electrons. The highest BCUT2D eigenvalue weighted by Gasteiger charge is 2.24. The monoisotopic (exact) mass is 700 g/mol. The van der Waals surface area contributed by atoms with Gasteiger partial charge in [0.15, 0.2) is 0 Å². The number of fused-ring (bicyclic) bond motifs is 4. The molecule has 4 aromatic carbocycles. The fraction of sp³-hybridized carbons (Fsp3) is 0.273. The maximum atomic E-state index is 9.88. The maximum absolute atomic E-state index is 9.88. The summed E-state index contributed by atoms with van der Waals surface area (Å²) < 4.78 is 0. The summed E-state index contributed by atoms with van der Waals surface area (Å²) >= 11 is 0. The molecule has 8 heteroatoms. The standard InChI is InChI=1S/4C11H13NO/c2*1-7-5-6-8-9(11(7)13)3-2-4-10(8)12;2*1-7-5-6-8-3-2-4-9(12)10(8)11(7)13/h4*2-7,11,13H,12H2,1H3/t4*7-,11+/m1010/s1. The number of anilines is 4. The highest BCUT2D eigenvalue weighted by Crippen LogP contribution is 2.38. The number of nitrogens with two attached hydrogens (primary N) is 4. The fourth-order valence-corrected chi connectivity index (χ4v) is 6.80. The second-order valence-electron chi connectivity index (χ2n) is 14.1. The number of hydrogen-bond donors (Lipinski definition) is 8. The van der Waals surface area contributed by atoms with Crippen LogP contribution < -0.4 is 22.9 Å². The summed E-state index contributed by atoms with van der Waals surface area (Å²) in [6.45, 7) is 7.95. The Morgan fingerprint density at radius 2 is 0.692 bits per heavy atom. The van der Waals surface area contributed by atoms with Gasteiger partial charge in [-0.05, 0) is 46.5 Å². The Bertz CT molecular complexity index is 1860. The molecule has 52 heavy (non-hydrogen) atoms. The van der Waals surface area contributed by atoms with Crippen molar-refractivity contribution in [2.45, 2.75) is 52.1 Å². The third-order valence-electron chi connectivity index (χ3n) is 10.2. The third-order valence-corrected chi connectivity index (χ3v) is 10.2. The zero-order valence-corrected chi connectivity index (χ0v) is 30.3. The molecule has 4 aliphatic carbocycles. The molecule has 4 aromatic rings. The molecule has 0 aliphatic heterocycles. The summed E-state index contributed by atoms with van der Waals surface area (Å²) in [7, 11) is 0. The van der Waals surface area contributed by atoms with Crippen molar-refractivity contribution in [3.63, 3.8) is 0 Å². The van der Waals surface area contributed by atoms with Crippen molar-refractivity contribution in [3.05, 3.63) is 142 Å². The van der Waals surface area contributed by atoms with Crippen LogP contribution in [0.15, 0.2) is 97.1 Å². The van der Waals surface area contributed by atoms with Crippen molar-refractivity contribution in [3.8, 4) is 0 Å². The van der Waals surface area contributed by atoms with Crippen LogP contribution in [0.2, 0.25) is 0 Å². The lowest BCUT2D eigenvalue weighted by Crippen LogP contribution is -2.14. The van der Waals surface area contributed by atoms with E-state index in [0.29, 0.717) is 11.4 Å². The van der Waals surface area contributed by atoms with Gasteiger partial charge in [0.25, 0.3) is 0 Å². The lowest BCUT2D eigenvalue weighted by molar-refractivity contribution is 0.138. The lowest BCUT2D eigenvalue weighted by atomic mass is 9.87. The van der Waals surface area contributed by atoms with Crippen molar-refractivity contribution in [2.24, 2.45) is 23.7 Å². The van der Waals surface area contributed by atoms with Gasteiger partial charge in [-0.3, -0.25) is 0 Å². The average Bonchev–Trinajstić information content (AvgIpc) is 3.13. The largest absolute Gasteiger partial charge is 0.398 e. The van der Waals surface area contributed by atoms with Crippen molar-refractivity contribution >= 4 is 47.1 Å². The quantitative estimate of drug-likeness (QED) is 0.0852. The molecule has 0 amide bonds. The van der Waals surface area contributed by atoms with Crippen LogP contribution in [0.5, 0.6) is 0 Å². The van der Waals surface area contributed by atoms with Crippen molar-refractivity contribution < 1.29 is 20.4 Å². The minimum Gasteiger partial charge on any atom is -0.398 e. The van der Waals surface area contributed by atoms with Gasteiger partial charge < -0.3 is 43.4 Å². The van der Waals surface area contributed by atoms with E-state index in [-0.39, 0.29) is 23.7 Å². The van der Waals surface area contributed by atoms with Gasteiger partial charge in [-0.15, -0.1) is 0 Å². The topological polar surface area (TPSA) is 185 Å². The third kappa shape index (κ3) is 8.16. The molecule has 8 rings (SSSR count). The van der Waals surface area contributed by atoms with E-state index >= 15 is 0 Å². The number of rotatable bonds is 0. The number of hydrogen-bond acceptors (Lipinski definition) is 8. The Kier molecular flexibility index (Phi) is 12.1. The van der Waals surface area contributed by atoms with Crippen LogP contribution >= 0.6 is 0 Å². The second kappa shape index (κ2) is 16.5. The zero-order chi connectivity index (χ0) is 37.7. The van der Waals surface area contributed by atoms with E-state index < -0.39 is 24.4 Å². The fourth-order valence-electron chi connectivity index (χ4n) is 6.80. The molecule has 12 N–H and O–H groups in total. The van der Waals surface area contributed by atoms with Gasteiger partial charge >= 0.3 is 0 Å². The van der Waals surface area contributed by atoms with Gasteiger partial charge in [-0.25, -0.2) is 0 Å². The second-order valence-corrected chi connectivity index (χ2v) is 14.1. The normalized spacial score (nSPS) is 25.7. The SMILES string of the molecule is C[C@@H]1C=Cc2c(N)cccc2[C@H]1O.C[C@@H]1C=Cc2cccc(N)c2[C@H]1O.C[C@H]1C=Cc2c(N)cccc2[C@@H]1O.C[C@H]1C=Cc2cccc(N)c2[C@@H]1O. The van der Waals surface area contributed by atoms with E-state index in [4.69, 9.17) is 22.9 Å². The van der Waals surface area contributed by atoms with E-state index in [0.717, 1.165) is 55.9 Å².